The van der Waals surface area contributed by atoms with E-state index in [-0.39, 0.29) is 10.6 Å². The smallest absolute Gasteiger partial charge is 0.238 e. The molecule has 0 spiro atoms. The summed E-state index contributed by atoms with van der Waals surface area (Å²) in [5.41, 5.74) is 4.09. The molecule has 0 atom stereocenters. The standard InChI is InChI=1S/C20H19N5O3S/c1-13-10-22-19(23-11-14-3-2-4-17(9-14)29(21,27)28)20-24-12-18(25(13)20)15-5-7-16(26)8-6-15/h2-10,12,26H,11H2,1H3,(H,22,23)(H2,21,27,28). The van der Waals surface area contributed by atoms with Gasteiger partial charge in [0.15, 0.2) is 11.5 Å². The van der Waals surface area contributed by atoms with Crippen LogP contribution in [0.2, 0.25) is 0 Å². The van der Waals surface area contributed by atoms with Crippen molar-refractivity contribution in [2.24, 2.45) is 5.14 Å². The number of nitrogens with one attached hydrogen (secondary N) is 1. The van der Waals surface area contributed by atoms with Crippen molar-refractivity contribution >= 4 is 21.5 Å². The van der Waals surface area contributed by atoms with Crippen LogP contribution in [0.15, 0.2) is 65.8 Å². The van der Waals surface area contributed by atoms with E-state index in [0.717, 1.165) is 22.5 Å². The third kappa shape index (κ3) is 3.78. The summed E-state index contributed by atoms with van der Waals surface area (Å²) in [6.07, 6.45) is 3.49. The molecule has 148 valence electrons. The number of aryl methyl sites for hydroxylation is 1. The Bertz CT molecular complexity index is 1300. The fraction of sp³-hybridized carbons (Fsp3) is 0.100. The lowest BCUT2D eigenvalue weighted by Crippen LogP contribution is -2.13. The lowest BCUT2D eigenvalue weighted by Gasteiger charge is -2.11. The molecule has 9 heteroatoms. The molecule has 0 amide bonds. The SMILES string of the molecule is Cc1cnc(NCc2cccc(S(N)(=O)=O)c2)c2ncc(-c3ccc(O)cc3)n12. The molecule has 4 aromatic rings. The predicted molar refractivity (Wildman–Crippen MR) is 110 cm³/mol. The zero-order valence-corrected chi connectivity index (χ0v) is 16.4. The van der Waals surface area contributed by atoms with Crippen LogP contribution in [0.4, 0.5) is 5.82 Å². The van der Waals surface area contributed by atoms with E-state index in [2.05, 4.69) is 15.3 Å². The first-order chi connectivity index (χ1) is 13.8. The third-order valence-corrected chi connectivity index (χ3v) is 5.47. The van der Waals surface area contributed by atoms with E-state index in [9.17, 15) is 13.5 Å². The highest BCUT2D eigenvalue weighted by atomic mass is 32.2. The minimum atomic E-state index is -3.76. The number of phenols is 1. The van der Waals surface area contributed by atoms with Crippen molar-refractivity contribution in [1.29, 1.82) is 0 Å². The van der Waals surface area contributed by atoms with Gasteiger partial charge in [-0.3, -0.25) is 4.40 Å². The highest BCUT2D eigenvalue weighted by Crippen LogP contribution is 2.26. The molecule has 8 nitrogen and oxygen atoms in total. The zero-order chi connectivity index (χ0) is 20.6. The normalized spacial score (nSPS) is 11.7. The van der Waals surface area contributed by atoms with Crippen LogP contribution >= 0.6 is 0 Å². The maximum atomic E-state index is 11.5. The van der Waals surface area contributed by atoms with Gasteiger partial charge in [-0.2, -0.15) is 0 Å². The summed E-state index contributed by atoms with van der Waals surface area (Å²) in [7, 11) is -3.76. The van der Waals surface area contributed by atoms with Gasteiger partial charge in [0.05, 0.1) is 16.8 Å². The molecule has 0 saturated carbocycles. The van der Waals surface area contributed by atoms with Crippen molar-refractivity contribution in [1.82, 2.24) is 14.4 Å². The molecule has 0 aliphatic rings. The van der Waals surface area contributed by atoms with Gasteiger partial charge in [-0.15, -0.1) is 0 Å². The van der Waals surface area contributed by atoms with Gasteiger partial charge in [-0.25, -0.2) is 23.5 Å². The Labute approximate surface area is 167 Å². The fourth-order valence-corrected chi connectivity index (χ4v) is 3.71. The molecule has 0 fully saturated rings. The highest BCUT2D eigenvalue weighted by molar-refractivity contribution is 7.89. The summed E-state index contributed by atoms with van der Waals surface area (Å²) < 4.78 is 25.1. The highest BCUT2D eigenvalue weighted by Gasteiger charge is 2.13. The van der Waals surface area contributed by atoms with Gasteiger partial charge in [0.1, 0.15) is 5.75 Å². The molecule has 0 radical (unpaired) electrons. The summed E-state index contributed by atoms with van der Waals surface area (Å²) in [5.74, 6) is 0.770. The molecule has 2 heterocycles. The minimum Gasteiger partial charge on any atom is -0.508 e. The summed E-state index contributed by atoms with van der Waals surface area (Å²) in [6.45, 7) is 2.29. The van der Waals surface area contributed by atoms with Gasteiger partial charge in [0.2, 0.25) is 10.0 Å². The van der Waals surface area contributed by atoms with Crippen LogP contribution in [-0.4, -0.2) is 27.9 Å². The van der Waals surface area contributed by atoms with Crippen LogP contribution in [-0.2, 0) is 16.6 Å². The summed E-state index contributed by atoms with van der Waals surface area (Å²) in [6, 6.07) is 13.3. The van der Waals surface area contributed by atoms with E-state index < -0.39 is 10.0 Å². The molecule has 4 N–H and O–H groups in total. The molecule has 0 unspecified atom stereocenters. The lowest BCUT2D eigenvalue weighted by atomic mass is 10.1. The van der Waals surface area contributed by atoms with Crippen molar-refractivity contribution in [3.05, 3.63) is 72.2 Å². The lowest BCUT2D eigenvalue weighted by molar-refractivity contribution is 0.475. The molecule has 2 aromatic carbocycles. The van der Waals surface area contributed by atoms with Gasteiger partial charge in [-0.05, 0) is 48.9 Å². The van der Waals surface area contributed by atoms with Crippen molar-refractivity contribution < 1.29 is 13.5 Å². The molecule has 2 aromatic heterocycles. The number of aromatic nitrogens is 3. The monoisotopic (exact) mass is 409 g/mol. The number of phenolic OH excluding ortho intramolecular Hbond substituents is 1. The second kappa shape index (κ2) is 7.19. The van der Waals surface area contributed by atoms with Gasteiger partial charge >= 0.3 is 0 Å². The quantitative estimate of drug-likeness (QED) is 0.466. The van der Waals surface area contributed by atoms with E-state index in [1.165, 1.54) is 12.1 Å². The van der Waals surface area contributed by atoms with Gasteiger partial charge in [0.25, 0.3) is 0 Å². The Morgan fingerprint density at radius 1 is 1.10 bits per heavy atom. The van der Waals surface area contributed by atoms with Gasteiger partial charge in [0, 0.05) is 24.0 Å². The van der Waals surface area contributed by atoms with Gasteiger partial charge in [-0.1, -0.05) is 12.1 Å². The topological polar surface area (TPSA) is 123 Å². The van der Waals surface area contributed by atoms with E-state index in [4.69, 9.17) is 5.14 Å². The zero-order valence-electron chi connectivity index (χ0n) is 15.6. The van der Waals surface area contributed by atoms with Crippen molar-refractivity contribution in [2.45, 2.75) is 18.4 Å². The number of anilines is 1. The van der Waals surface area contributed by atoms with Crippen LogP contribution in [0, 0.1) is 6.92 Å². The average Bonchev–Trinajstić information content (AvgIpc) is 3.14. The van der Waals surface area contributed by atoms with Gasteiger partial charge < -0.3 is 10.4 Å². The summed E-state index contributed by atoms with van der Waals surface area (Å²) in [5, 5.41) is 17.9. The number of nitrogens with two attached hydrogens (primary N) is 1. The van der Waals surface area contributed by atoms with Crippen molar-refractivity contribution in [2.75, 3.05) is 5.32 Å². The largest absolute Gasteiger partial charge is 0.508 e. The number of rotatable bonds is 5. The number of primary sulfonamides is 1. The summed E-state index contributed by atoms with van der Waals surface area (Å²) in [4.78, 5) is 9.01. The number of hydrogen-bond acceptors (Lipinski definition) is 6. The van der Waals surface area contributed by atoms with Crippen LogP contribution in [0.3, 0.4) is 0 Å². The van der Waals surface area contributed by atoms with E-state index in [1.54, 1.807) is 36.7 Å². The Kier molecular flexibility index (Phi) is 4.69. The molecule has 0 aliphatic carbocycles. The molecule has 0 bridgehead atoms. The minimum absolute atomic E-state index is 0.0641. The maximum Gasteiger partial charge on any atom is 0.238 e. The fourth-order valence-electron chi connectivity index (χ4n) is 3.13. The van der Waals surface area contributed by atoms with Crippen molar-refractivity contribution in [3.63, 3.8) is 0 Å². The maximum absolute atomic E-state index is 11.5. The first-order valence-corrected chi connectivity index (χ1v) is 10.4. The summed E-state index contributed by atoms with van der Waals surface area (Å²) >= 11 is 0. The first kappa shape index (κ1) is 18.9. The Hall–Kier alpha value is -3.43. The molecule has 0 saturated heterocycles. The number of fused-ring (bicyclic) bond motifs is 1. The van der Waals surface area contributed by atoms with Crippen molar-refractivity contribution in [3.8, 4) is 17.0 Å². The molecular weight excluding hydrogens is 390 g/mol. The number of imidazole rings is 1. The molecule has 0 aliphatic heterocycles. The van der Waals surface area contributed by atoms with E-state index in [1.807, 2.05) is 23.5 Å². The number of benzene rings is 2. The Morgan fingerprint density at radius 2 is 1.86 bits per heavy atom. The van der Waals surface area contributed by atoms with Crippen LogP contribution in [0.5, 0.6) is 5.75 Å². The second-order valence-corrected chi connectivity index (χ2v) is 8.20. The van der Waals surface area contributed by atoms with E-state index >= 15 is 0 Å². The predicted octanol–water partition coefficient (Wildman–Crippen LogP) is 2.67. The van der Waals surface area contributed by atoms with E-state index in [0.29, 0.717) is 18.0 Å². The first-order valence-electron chi connectivity index (χ1n) is 8.81. The number of sulfonamides is 1. The second-order valence-electron chi connectivity index (χ2n) is 6.64. The molecular formula is C20H19N5O3S. The Balaban J connectivity index is 1.67. The Morgan fingerprint density at radius 3 is 2.59 bits per heavy atom. The van der Waals surface area contributed by atoms with Crippen LogP contribution in [0.25, 0.3) is 16.9 Å². The molecule has 29 heavy (non-hydrogen) atoms. The number of aromatic hydroxyl groups is 1. The molecule has 4 rings (SSSR count). The third-order valence-electron chi connectivity index (χ3n) is 4.56. The van der Waals surface area contributed by atoms with Crippen LogP contribution in [0.1, 0.15) is 11.3 Å². The van der Waals surface area contributed by atoms with Crippen LogP contribution < -0.4 is 10.5 Å². The number of nitrogens with zero attached hydrogens (tertiary/aromatic N) is 3. The number of hydrogen-bond donors (Lipinski definition) is 3. The average molecular weight is 409 g/mol.